The predicted molar refractivity (Wildman–Crippen MR) is 129 cm³/mol. The van der Waals surface area contributed by atoms with E-state index in [1.165, 1.54) is 18.3 Å². The quantitative estimate of drug-likeness (QED) is 0.399. The van der Waals surface area contributed by atoms with Crippen LogP contribution < -0.4 is 9.73 Å². The Balaban J connectivity index is 1.75. The van der Waals surface area contributed by atoms with Crippen LogP contribution in [-0.4, -0.2) is 37.9 Å². The molecule has 7 nitrogen and oxygen atoms in total. The minimum atomic E-state index is -3.72. The number of carbonyl (C=O) groups excluding carboxylic acids is 1. The molecule has 1 amide bonds. The first kappa shape index (κ1) is 24.5. The molecule has 0 atom stereocenters. The first-order valence-electron chi connectivity index (χ1n) is 9.98. The van der Waals surface area contributed by atoms with Gasteiger partial charge < -0.3 is 4.57 Å². The smallest absolute Gasteiger partial charge is 0.260 e. The van der Waals surface area contributed by atoms with Gasteiger partial charge in [0.25, 0.3) is 5.91 Å². The topological polar surface area (TPSA) is 83.8 Å². The lowest BCUT2D eigenvalue weighted by Gasteiger charge is -2.23. The van der Waals surface area contributed by atoms with E-state index in [2.05, 4.69) is 10.5 Å². The Kier molecular flexibility index (Phi) is 7.24. The molecular weight excluding hydrogens is 467 g/mol. The minimum Gasteiger partial charge on any atom is -0.318 e. The van der Waals surface area contributed by atoms with Gasteiger partial charge in [0.2, 0.25) is 10.0 Å². The number of halogens is 2. The van der Waals surface area contributed by atoms with Crippen LogP contribution in [0, 0.1) is 26.6 Å². The van der Waals surface area contributed by atoms with Crippen molar-refractivity contribution in [3.05, 3.63) is 81.9 Å². The van der Waals surface area contributed by atoms with Gasteiger partial charge in [-0.1, -0.05) is 11.6 Å². The molecule has 1 aromatic heterocycles. The molecule has 0 aliphatic carbocycles. The molecule has 0 saturated heterocycles. The average molecular weight is 491 g/mol. The number of aromatic nitrogens is 1. The van der Waals surface area contributed by atoms with Gasteiger partial charge in [-0.2, -0.15) is 5.10 Å². The fourth-order valence-corrected chi connectivity index (χ4v) is 4.67. The van der Waals surface area contributed by atoms with Crippen LogP contribution in [0.25, 0.3) is 5.69 Å². The third-order valence-electron chi connectivity index (χ3n) is 5.06. The van der Waals surface area contributed by atoms with Gasteiger partial charge in [0.15, 0.2) is 0 Å². The number of hydrazone groups is 1. The number of nitrogens with one attached hydrogen (secondary N) is 1. The van der Waals surface area contributed by atoms with Crippen molar-refractivity contribution in [3.63, 3.8) is 0 Å². The SMILES string of the molecule is Cc1cc(Cl)ccc1N(CC(=O)N/N=C\c1cc(C)n(-c2ccc(F)cc2)c1C)S(C)(=O)=O. The van der Waals surface area contributed by atoms with Gasteiger partial charge in [-0.3, -0.25) is 9.10 Å². The van der Waals surface area contributed by atoms with E-state index >= 15 is 0 Å². The predicted octanol–water partition coefficient (Wildman–Crippen LogP) is 4.11. The second-order valence-corrected chi connectivity index (χ2v) is 9.98. The number of anilines is 1. The van der Waals surface area contributed by atoms with E-state index < -0.39 is 22.5 Å². The van der Waals surface area contributed by atoms with Crippen LogP contribution in [0.5, 0.6) is 0 Å². The summed E-state index contributed by atoms with van der Waals surface area (Å²) >= 11 is 5.96. The van der Waals surface area contributed by atoms with E-state index in [0.717, 1.165) is 33.2 Å². The zero-order valence-electron chi connectivity index (χ0n) is 18.6. The van der Waals surface area contributed by atoms with Crippen molar-refractivity contribution in [3.8, 4) is 5.69 Å². The van der Waals surface area contributed by atoms with Crippen LogP contribution in [0.15, 0.2) is 53.6 Å². The summed E-state index contributed by atoms with van der Waals surface area (Å²) in [5.41, 5.74) is 6.69. The van der Waals surface area contributed by atoms with Gasteiger partial charge in [-0.15, -0.1) is 0 Å². The lowest BCUT2D eigenvalue weighted by molar-refractivity contribution is -0.119. The van der Waals surface area contributed by atoms with Crippen LogP contribution in [0.2, 0.25) is 5.02 Å². The highest BCUT2D eigenvalue weighted by Crippen LogP contribution is 2.25. The molecule has 0 spiro atoms. The Morgan fingerprint density at radius 3 is 2.42 bits per heavy atom. The molecule has 10 heteroatoms. The average Bonchev–Trinajstić information content (AvgIpc) is 3.00. The summed E-state index contributed by atoms with van der Waals surface area (Å²) in [5.74, 6) is -0.916. The van der Waals surface area contributed by atoms with Crippen LogP contribution in [0.4, 0.5) is 10.1 Å². The van der Waals surface area contributed by atoms with E-state index in [0.29, 0.717) is 16.3 Å². The van der Waals surface area contributed by atoms with Crippen LogP contribution in [-0.2, 0) is 14.8 Å². The molecule has 0 radical (unpaired) electrons. The molecule has 0 unspecified atom stereocenters. The zero-order chi connectivity index (χ0) is 24.3. The molecule has 3 rings (SSSR count). The zero-order valence-corrected chi connectivity index (χ0v) is 20.2. The highest BCUT2D eigenvalue weighted by molar-refractivity contribution is 7.92. The van der Waals surface area contributed by atoms with E-state index in [4.69, 9.17) is 11.6 Å². The molecular formula is C23H24ClFN4O3S. The minimum absolute atomic E-state index is 0.317. The van der Waals surface area contributed by atoms with Gasteiger partial charge in [0.05, 0.1) is 18.2 Å². The van der Waals surface area contributed by atoms with Gasteiger partial charge in [0, 0.05) is 27.7 Å². The molecule has 3 aromatic rings. The van der Waals surface area contributed by atoms with Crippen molar-refractivity contribution in [1.82, 2.24) is 9.99 Å². The molecule has 0 aliphatic heterocycles. The summed E-state index contributed by atoms with van der Waals surface area (Å²) in [6.07, 6.45) is 2.51. The van der Waals surface area contributed by atoms with Crippen molar-refractivity contribution in [2.75, 3.05) is 17.1 Å². The van der Waals surface area contributed by atoms with Crippen molar-refractivity contribution >= 4 is 39.4 Å². The van der Waals surface area contributed by atoms with Crippen LogP contribution in [0.1, 0.15) is 22.5 Å². The van der Waals surface area contributed by atoms with Gasteiger partial charge in [0.1, 0.15) is 12.4 Å². The first-order chi connectivity index (χ1) is 15.5. The largest absolute Gasteiger partial charge is 0.318 e. The molecule has 1 N–H and O–H groups in total. The van der Waals surface area contributed by atoms with Crippen molar-refractivity contribution in [1.29, 1.82) is 0 Å². The summed E-state index contributed by atoms with van der Waals surface area (Å²) in [7, 11) is -3.72. The third kappa shape index (κ3) is 5.80. The van der Waals surface area contributed by atoms with Gasteiger partial charge in [-0.05, 0) is 74.9 Å². The fourth-order valence-electron chi connectivity index (χ4n) is 3.53. The molecule has 0 bridgehead atoms. The molecule has 174 valence electrons. The monoisotopic (exact) mass is 490 g/mol. The number of benzene rings is 2. The Labute approximate surface area is 197 Å². The summed E-state index contributed by atoms with van der Waals surface area (Å²) in [6.45, 7) is 5.07. The Morgan fingerprint density at radius 2 is 1.82 bits per heavy atom. The number of hydrogen-bond donors (Lipinski definition) is 1. The van der Waals surface area contributed by atoms with Crippen LogP contribution >= 0.6 is 11.6 Å². The normalized spacial score (nSPS) is 11.7. The molecule has 1 heterocycles. The molecule has 33 heavy (non-hydrogen) atoms. The maximum absolute atomic E-state index is 13.2. The lowest BCUT2D eigenvalue weighted by Crippen LogP contribution is -2.39. The highest BCUT2D eigenvalue weighted by atomic mass is 35.5. The summed E-state index contributed by atoms with van der Waals surface area (Å²) in [5, 5.41) is 4.46. The molecule has 0 saturated carbocycles. The second kappa shape index (κ2) is 9.76. The first-order valence-corrected chi connectivity index (χ1v) is 12.2. The maximum atomic E-state index is 13.2. The Bertz CT molecular complexity index is 1320. The molecule has 0 fully saturated rings. The Morgan fingerprint density at radius 1 is 1.15 bits per heavy atom. The highest BCUT2D eigenvalue weighted by Gasteiger charge is 2.22. The third-order valence-corrected chi connectivity index (χ3v) is 6.42. The number of amides is 1. The molecule has 2 aromatic carbocycles. The van der Waals surface area contributed by atoms with Crippen molar-refractivity contribution in [2.24, 2.45) is 5.10 Å². The fraction of sp³-hybridized carbons (Fsp3) is 0.217. The summed E-state index contributed by atoms with van der Waals surface area (Å²) in [6, 6.07) is 12.8. The summed E-state index contributed by atoms with van der Waals surface area (Å²) in [4.78, 5) is 12.5. The molecule has 0 aliphatic rings. The summed E-state index contributed by atoms with van der Waals surface area (Å²) < 4.78 is 40.8. The number of hydrogen-bond acceptors (Lipinski definition) is 4. The van der Waals surface area contributed by atoms with E-state index in [1.54, 1.807) is 37.3 Å². The van der Waals surface area contributed by atoms with Crippen LogP contribution in [0.3, 0.4) is 0 Å². The van der Waals surface area contributed by atoms with E-state index in [9.17, 15) is 17.6 Å². The standard InChI is InChI=1S/C23H24ClFN4O3S/c1-15-11-19(24)5-10-22(15)28(33(4,31)32)14-23(30)27-26-13-18-12-16(2)29(17(18)3)21-8-6-20(25)7-9-21/h5-13H,14H2,1-4H3,(H,27,30)/b26-13-. The Hall–Kier alpha value is -3.17. The van der Waals surface area contributed by atoms with Crippen molar-refractivity contribution in [2.45, 2.75) is 20.8 Å². The number of nitrogens with zero attached hydrogens (tertiary/aromatic N) is 3. The van der Waals surface area contributed by atoms with Gasteiger partial charge >= 0.3 is 0 Å². The lowest BCUT2D eigenvalue weighted by atomic mass is 10.2. The van der Waals surface area contributed by atoms with E-state index in [1.807, 2.05) is 24.5 Å². The number of sulfonamides is 1. The van der Waals surface area contributed by atoms with E-state index in [-0.39, 0.29) is 5.82 Å². The van der Waals surface area contributed by atoms with Gasteiger partial charge in [-0.25, -0.2) is 18.2 Å². The number of rotatable bonds is 7. The number of carbonyl (C=O) groups is 1. The number of aryl methyl sites for hydroxylation is 2. The maximum Gasteiger partial charge on any atom is 0.260 e. The van der Waals surface area contributed by atoms with Crippen molar-refractivity contribution < 1.29 is 17.6 Å². The second-order valence-electron chi connectivity index (χ2n) is 7.63.